The van der Waals surface area contributed by atoms with E-state index in [2.05, 4.69) is 5.32 Å². The van der Waals surface area contributed by atoms with Crippen LogP contribution in [0.1, 0.15) is 22.8 Å². The first-order valence-electron chi connectivity index (χ1n) is 7.96. The standard InChI is InChI=1S/C18H21ClN2O4S/c1-4-20-18(22)16-11-15(8-9-17(16)25-3)26(23,24)21(2)12-13-6-5-7-14(19)10-13/h5-11H,4,12H2,1-3H3,(H,20,22). The van der Waals surface area contributed by atoms with Gasteiger partial charge in [-0.3, -0.25) is 4.79 Å². The van der Waals surface area contributed by atoms with Crippen molar-refractivity contribution in [2.24, 2.45) is 0 Å². The van der Waals surface area contributed by atoms with Crippen LogP contribution in [0, 0.1) is 0 Å². The summed E-state index contributed by atoms with van der Waals surface area (Å²) in [5.74, 6) is -0.0775. The summed E-state index contributed by atoms with van der Waals surface area (Å²) < 4.78 is 32.1. The molecule has 0 unspecified atom stereocenters. The van der Waals surface area contributed by atoms with Gasteiger partial charge in [0, 0.05) is 25.2 Å². The lowest BCUT2D eigenvalue weighted by Gasteiger charge is -2.18. The van der Waals surface area contributed by atoms with Crippen molar-refractivity contribution in [1.82, 2.24) is 9.62 Å². The molecule has 0 saturated carbocycles. The minimum absolute atomic E-state index is 0.0177. The maximum absolute atomic E-state index is 12.9. The van der Waals surface area contributed by atoms with Gasteiger partial charge in [0.2, 0.25) is 10.0 Å². The quantitative estimate of drug-likeness (QED) is 0.780. The van der Waals surface area contributed by atoms with Crippen LogP contribution in [0.4, 0.5) is 0 Å². The molecule has 1 amide bonds. The number of carbonyl (C=O) groups is 1. The number of halogens is 1. The number of benzene rings is 2. The Morgan fingerprint density at radius 2 is 1.96 bits per heavy atom. The van der Waals surface area contributed by atoms with E-state index >= 15 is 0 Å². The Labute approximate surface area is 158 Å². The highest BCUT2D eigenvalue weighted by Gasteiger charge is 2.24. The second kappa shape index (κ2) is 8.53. The molecule has 0 saturated heterocycles. The summed E-state index contributed by atoms with van der Waals surface area (Å²) in [7, 11) is -0.885. The Bertz CT molecular complexity index is 900. The molecule has 0 heterocycles. The van der Waals surface area contributed by atoms with E-state index in [0.29, 0.717) is 17.3 Å². The highest BCUT2D eigenvalue weighted by atomic mass is 35.5. The third kappa shape index (κ3) is 4.55. The van der Waals surface area contributed by atoms with Crippen LogP contribution >= 0.6 is 11.6 Å². The molecule has 2 rings (SSSR count). The number of nitrogens with one attached hydrogen (secondary N) is 1. The third-order valence-corrected chi connectivity index (χ3v) is 5.79. The predicted molar refractivity (Wildman–Crippen MR) is 101 cm³/mol. The topological polar surface area (TPSA) is 75.7 Å². The Balaban J connectivity index is 2.35. The first-order valence-corrected chi connectivity index (χ1v) is 9.78. The van der Waals surface area contributed by atoms with Crippen molar-refractivity contribution in [3.8, 4) is 5.75 Å². The van der Waals surface area contributed by atoms with Gasteiger partial charge >= 0.3 is 0 Å². The molecule has 140 valence electrons. The van der Waals surface area contributed by atoms with Gasteiger partial charge in [-0.2, -0.15) is 4.31 Å². The molecule has 1 N–H and O–H groups in total. The normalized spacial score (nSPS) is 11.4. The van der Waals surface area contributed by atoms with Crippen molar-refractivity contribution in [3.05, 3.63) is 58.6 Å². The van der Waals surface area contributed by atoms with Gasteiger partial charge in [-0.1, -0.05) is 23.7 Å². The largest absolute Gasteiger partial charge is 0.496 e. The number of hydrogen-bond donors (Lipinski definition) is 1. The van der Waals surface area contributed by atoms with Crippen LogP contribution in [0.2, 0.25) is 5.02 Å². The van der Waals surface area contributed by atoms with Gasteiger partial charge in [0.25, 0.3) is 5.91 Å². The van der Waals surface area contributed by atoms with Gasteiger partial charge < -0.3 is 10.1 Å². The minimum atomic E-state index is -3.79. The summed E-state index contributed by atoms with van der Waals surface area (Å²) >= 11 is 5.95. The number of nitrogens with zero attached hydrogens (tertiary/aromatic N) is 1. The molecule has 0 aliphatic rings. The fourth-order valence-electron chi connectivity index (χ4n) is 2.44. The molecule has 2 aromatic carbocycles. The maximum atomic E-state index is 12.9. The van der Waals surface area contributed by atoms with Crippen molar-refractivity contribution in [2.45, 2.75) is 18.4 Å². The molecular formula is C18H21ClN2O4S. The molecule has 8 heteroatoms. The van der Waals surface area contributed by atoms with E-state index in [-0.39, 0.29) is 22.9 Å². The number of methoxy groups -OCH3 is 1. The molecule has 2 aromatic rings. The van der Waals surface area contributed by atoms with Crippen LogP contribution in [-0.2, 0) is 16.6 Å². The van der Waals surface area contributed by atoms with E-state index in [1.54, 1.807) is 31.2 Å². The van der Waals surface area contributed by atoms with E-state index < -0.39 is 10.0 Å². The molecule has 0 aromatic heterocycles. The summed E-state index contributed by atoms with van der Waals surface area (Å²) in [6, 6.07) is 11.2. The second-order valence-corrected chi connectivity index (χ2v) is 8.09. The summed E-state index contributed by atoms with van der Waals surface area (Å²) in [6.45, 7) is 2.36. The minimum Gasteiger partial charge on any atom is -0.496 e. The monoisotopic (exact) mass is 396 g/mol. The van der Waals surface area contributed by atoms with Gasteiger partial charge in [0.05, 0.1) is 17.6 Å². The van der Waals surface area contributed by atoms with Gasteiger partial charge in [-0.05, 0) is 42.8 Å². The molecule has 0 radical (unpaired) electrons. The number of hydrogen-bond acceptors (Lipinski definition) is 4. The molecule has 0 fully saturated rings. The molecule has 6 nitrogen and oxygen atoms in total. The Kier molecular flexibility index (Phi) is 6.63. The smallest absolute Gasteiger partial charge is 0.255 e. The third-order valence-electron chi connectivity index (χ3n) is 3.76. The fourth-order valence-corrected chi connectivity index (χ4v) is 3.84. The van der Waals surface area contributed by atoms with Crippen LogP contribution < -0.4 is 10.1 Å². The number of sulfonamides is 1. The Morgan fingerprint density at radius 1 is 1.23 bits per heavy atom. The Hall–Kier alpha value is -2.09. The summed E-state index contributed by atoms with van der Waals surface area (Å²) in [4.78, 5) is 12.2. The van der Waals surface area contributed by atoms with Crippen molar-refractivity contribution in [1.29, 1.82) is 0 Å². The maximum Gasteiger partial charge on any atom is 0.255 e. The second-order valence-electron chi connectivity index (χ2n) is 5.61. The van der Waals surface area contributed by atoms with Crippen LogP contribution in [0.5, 0.6) is 5.75 Å². The predicted octanol–water partition coefficient (Wildman–Crippen LogP) is 2.92. The first-order chi connectivity index (χ1) is 12.3. The SMILES string of the molecule is CCNC(=O)c1cc(S(=O)(=O)N(C)Cc2cccc(Cl)c2)ccc1OC. The lowest BCUT2D eigenvalue weighted by Crippen LogP contribution is -2.27. The number of amides is 1. The van der Waals surface area contributed by atoms with E-state index in [0.717, 1.165) is 5.56 Å². The van der Waals surface area contributed by atoms with Crippen LogP contribution in [-0.4, -0.2) is 39.3 Å². The fraction of sp³-hybridized carbons (Fsp3) is 0.278. The molecule has 26 heavy (non-hydrogen) atoms. The Morgan fingerprint density at radius 3 is 2.58 bits per heavy atom. The average molecular weight is 397 g/mol. The molecule has 0 atom stereocenters. The van der Waals surface area contributed by atoms with E-state index in [9.17, 15) is 13.2 Å². The van der Waals surface area contributed by atoms with Crippen molar-refractivity contribution < 1.29 is 17.9 Å². The van der Waals surface area contributed by atoms with Gasteiger partial charge in [0.15, 0.2) is 0 Å². The zero-order chi connectivity index (χ0) is 19.3. The molecule has 0 spiro atoms. The molecular weight excluding hydrogens is 376 g/mol. The van der Waals surface area contributed by atoms with Crippen LogP contribution in [0.3, 0.4) is 0 Å². The highest BCUT2D eigenvalue weighted by molar-refractivity contribution is 7.89. The lowest BCUT2D eigenvalue weighted by molar-refractivity contribution is 0.0952. The lowest BCUT2D eigenvalue weighted by atomic mass is 10.2. The molecule has 0 aliphatic carbocycles. The van der Waals surface area contributed by atoms with Gasteiger partial charge in [-0.15, -0.1) is 0 Å². The van der Waals surface area contributed by atoms with Crippen molar-refractivity contribution >= 4 is 27.5 Å². The van der Waals surface area contributed by atoms with E-state index in [4.69, 9.17) is 16.3 Å². The average Bonchev–Trinajstić information content (AvgIpc) is 2.61. The van der Waals surface area contributed by atoms with Gasteiger partial charge in [-0.25, -0.2) is 8.42 Å². The van der Waals surface area contributed by atoms with E-state index in [1.807, 2.05) is 0 Å². The zero-order valence-corrected chi connectivity index (χ0v) is 16.4. The number of rotatable bonds is 7. The summed E-state index contributed by atoms with van der Waals surface area (Å²) in [5.41, 5.74) is 0.938. The van der Waals surface area contributed by atoms with Crippen molar-refractivity contribution in [2.75, 3.05) is 20.7 Å². The molecule has 0 bridgehead atoms. The number of carbonyl (C=O) groups excluding carboxylic acids is 1. The summed E-state index contributed by atoms with van der Waals surface area (Å²) in [6.07, 6.45) is 0. The van der Waals surface area contributed by atoms with Crippen LogP contribution in [0.15, 0.2) is 47.4 Å². The first kappa shape index (κ1) is 20.2. The summed E-state index contributed by atoms with van der Waals surface area (Å²) in [5, 5.41) is 3.19. The van der Waals surface area contributed by atoms with E-state index in [1.165, 1.54) is 36.7 Å². The molecule has 0 aliphatic heterocycles. The van der Waals surface area contributed by atoms with Gasteiger partial charge in [0.1, 0.15) is 5.75 Å². The zero-order valence-electron chi connectivity index (χ0n) is 14.8. The van der Waals surface area contributed by atoms with Crippen LogP contribution in [0.25, 0.3) is 0 Å². The van der Waals surface area contributed by atoms with Crippen molar-refractivity contribution in [3.63, 3.8) is 0 Å². The highest BCUT2D eigenvalue weighted by Crippen LogP contribution is 2.25. The number of ether oxygens (including phenoxy) is 1.